The summed E-state index contributed by atoms with van der Waals surface area (Å²) in [5.41, 5.74) is 5.85. The van der Waals surface area contributed by atoms with Gasteiger partial charge in [0.05, 0.1) is 0 Å². The van der Waals surface area contributed by atoms with Gasteiger partial charge >= 0.3 is 0 Å². The van der Waals surface area contributed by atoms with Gasteiger partial charge in [-0.2, -0.15) is 0 Å². The molecule has 2 N–H and O–H groups in total. The van der Waals surface area contributed by atoms with E-state index in [1.807, 2.05) is 72.8 Å². The van der Waals surface area contributed by atoms with Crippen molar-refractivity contribution in [3.8, 4) is 0 Å². The van der Waals surface area contributed by atoms with Crippen molar-refractivity contribution in [3.05, 3.63) is 106 Å². The van der Waals surface area contributed by atoms with Crippen molar-refractivity contribution < 1.29 is 9.59 Å². The van der Waals surface area contributed by atoms with Crippen molar-refractivity contribution >= 4 is 11.8 Å². The van der Waals surface area contributed by atoms with Crippen LogP contribution in [0, 0.1) is 0 Å². The molecule has 0 unspecified atom stereocenters. The molecular weight excluding hydrogens is 420 g/mol. The molecule has 0 saturated heterocycles. The van der Waals surface area contributed by atoms with Gasteiger partial charge < -0.3 is 10.6 Å². The third-order valence-electron chi connectivity index (χ3n) is 5.96. The van der Waals surface area contributed by atoms with Crippen molar-refractivity contribution in [2.24, 2.45) is 0 Å². The minimum Gasteiger partial charge on any atom is -0.348 e. The predicted octanol–water partition coefficient (Wildman–Crippen LogP) is 6.14. The fraction of sp³-hybridized carbons (Fsp3) is 0.333. The summed E-state index contributed by atoms with van der Waals surface area (Å²) < 4.78 is 0. The molecule has 0 radical (unpaired) electrons. The van der Waals surface area contributed by atoms with Gasteiger partial charge in [0.15, 0.2) is 0 Å². The molecule has 3 aromatic rings. The zero-order valence-corrected chi connectivity index (χ0v) is 21.2. The monoisotopic (exact) mass is 456 g/mol. The van der Waals surface area contributed by atoms with Gasteiger partial charge in [-0.25, -0.2) is 0 Å². The van der Waals surface area contributed by atoms with Crippen LogP contribution in [0.1, 0.15) is 84.5 Å². The SMILES string of the molecule is CC(C)(C)c1ccc(C(=O)NCc2ccc(CNC(=O)c3ccc(C(C)(C)C)cc3)cc2)cc1. The van der Waals surface area contributed by atoms with Gasteiger partial charge in [0, 0.05) is 24.2 Å². The summed E-state index contributed by atoms with van der Waals surface area (Å²) in [7, 11) is 0. The van der Waals surface area contributed by atoms with E-state index >= 15 is 0 Å². The minimum absolute atomic E-state index is 0.0626. The van der Waals surface area contributed by atoms with Crippen LogP contribution >= 0.6 is 0 Å². The van der Waals surface area contributed by atoms with E-state index < -0.39 is 0 Å². The Labute approximate surface area is 203 Å². The highest BCUT2D eigenvalue weighted by atomic mass is 16.2. The molecule has 0 aliphatic heterocycles. The van der Waals surface area contributed by atoms with E-state index in [2.05, 4.69) is 52.2 Å². The lowest BCUT2D eigenvalue weighted by atomic mass is 9.86. The Balaban J connectivity index is 1.49. The van der Waals surface area contributed by atoms with Crippen molar-refractivity contribution in [1.29, 1.82) is 0 Å². The molecule has 4 nitrogen and oxygen atoms in total. The van der Waals surface area contributed by atoms with Crippen LogP contribution in [-0.4, -0.2) is 11.8 Å². The Morgan fingerprint density at radius 3 is 1.09 bits per heavy atom. The third kappa shape index (κ3) is 6.80. The minimum atomic E-state index is -0.0886. The Morgan fingerprint density at radius 2 is 0.824 bits per heavy atom. The van der Waals surface area contributed by atoms with E-state index in [0.717, 1.165) is 11.1 Å². The lowest BCUT2D eigenvalue weighted by Gasteiger charge is -2.19. The molecule has 0 saturated carbocycles. The molecule has 0 aromatic heterocycles. The fourth-order valence-corrected chi connectivity index (χ4v) is 3.59. The van der Waals surface area contributed by atoms with Crippen LogP contribution in [0.5, 0.6) is 0 Å². The second-order valence-corrected chi connectivity index (χ2v) is 10.8. The Morgan fingerprint density at radius 1 is 0.529 bits per heavy atom. The summed E-state index contributed by atoms with van der Waals surface area (Å²) in [4.78, 5) is 25.0. The second kappa shape index (κ2) is 10.3. The molecule has 4 heteroatoms. The molecule has 0 fully saturated rings. The highest BCUT2D eigenvalue weighted by Gasteiger charge is 2.15. The topological polar surface area (TPSA) is 58.2 Å². The largest absolute Gasteiger partial charge is 0.348 e. The molecule has 3 rings (SSSR count). The fourth-order valence-electron chi connectivity index (χ4n) is 3.59. The predicted molar refractivity (Wildman–Crippen MR) is 139 cm³/mol. The number of benzene rings is 3. The van der Waals surface area contributed by atoms with Gasteiger partial charge in [-0.1, -0.05) is 90.1 Å². The average Bonchev–Trinajstić information content (AvgIpc) is 2.80. The number of carbonyl (C=O) groups is 2. The first-order chi connectivity index (χ1) is 15.9. The quantitative estimate of drug-likeness (QED) is 0.468. The number of amides is 2. The van der Waals surface area contributed by atoms with Crippen LogP contribution in [0.25, 0.3) is 0 Å². The van der Waals surface area contributed by atoms with E-state index in [-0.39, 0.29) is 22.6 Å². The first-order valence-electron chi connectivity index (χ1n) is 11.8. The summed E-state index contributed by atoms with van der Waals surface area (Å²) in [6, 6.07) is 23.4. The highest BCUT2D eigenvalue weighted by Crippen LogP contribution is 2.23. The maximum absolute atomic E-state index is 12.5. The summed E-state index contributed by atoms with van der Waals surface area (Å²) >= 11 is 0. The van der Waals surface area contributed by atoms with Gasteiger partial charge in [0.1, 0.15) is 0 Å². The number of carbonyl (C=O) groups excluding carboxylic acids is 2. The number of hydrogen-bond acceptors (Lipinski definition) is 2. The third-order valence-corrected chi connectivity index (χ3v) is 5.96. The van der Waals surface area contributed by atoms with E-state index in [1.54, 1.807) is 0 Å². The van der Waals surface area contributed by atoms with Crippen molar-refractivity contribution in [2.75, 3.05) is 0 Å². The van der Waals surface area contributed by atoms with Gasteiger partial charge in [0.25, 0.3) is 11.8 Å². The van der Waals surface area contributed by atoms with Crippen LogP contribution in [0.15, 0.2) is 72.8 Å². The molecule has 0 aliphatic carbocycles. The molecular formula is C30H36N2O2. The molecule has 3 aromatic carbocycles. The number of nitrogens with one attached hydrogen (secondary N) is 2. The zero-order chi connectivity index (χ0) is 24.9. The standard InChI is InChI=1S/C30H36N2O2/c1-29(2,3)25-15-11-23(12-16-25)27(33)31-19-21-7-9-22(10-8-21)20-32-28(34)24-13-17-26(18-14-24)30(4,5)6/h7-18H,19-20H2,1-6H3,(H,31,33)(H,32,34). The molecule has 0 atom stereocenters. The van der Waals surface area contributed by atoms with Crippen LogP contribution < -0.4 is 10.6 Å². The number of rotatable bonds is 6. The van der Waals surface area contributed by atoms with Crippen molar-refractivity contribution in [1.82, 2.24) is 10.6 Å². The summed E-state index contributed by atoms with van der Waals surface area (Å²) in [6.07, 6.45) is 0. The summed E-state index contributed by atoms with van der Waals surface area (Å²) in [5.74, 6) is -0.177. The van der Waals surface area contributed by atoms with Gasteiger partial charge in [-0.15, -0.1) is 0 Å². The first-order valence-corrected chi connectivity index (χ1v) is 11.8. The van der Waals surface area contributed by atoms with E-state index in [0.29, 0.717) is 24.2 Å². The van der Waals surface area contributed by atoms with Gasteiger partial charge in [0.2, 0.25) is 0 Å². The van der Waals surface area contributed by atoms with Crippen LogP contribution in [0.2, 0.25) is 0 Å². The molecule has 0 bridgehead atoms. The maximum Gasteiger partial charge on any atom is 0.251 e. The molecule has 2 amide bonds. The molecule has 34 heavy (non-hydrogen) atoms. The van der Waals surface area contributed by atoms with Crippen LogP contribution in [0.4, 0.5) is 0 Å². The van der Waals surface area contributed by atoms with Crippen molar-refractivity contribution in [2.45, 2.75) is 65.5 Å². The smallest absolute Gasteiger partial charge is 0.251 e. The van der Waals surface area contributed by atoms with E-state index in [4.69, 9.17) is 0 Å². The Bertz CT molecular complexity index is 1020. The Hall–Kier alpha value is -3.40. The Kier molecular flexibility index (Phi) is 7.61. The lowest BCUT2D eigenvalue weighted by Crippen LogP contribution is -2.24. The van der Waals surface area contributed by atoms with Gasteiger partial charge in [-0.3, -0.25) is 9.59 Å². The molecule has 0 spiro atoms. The summed E-state index contributed by atoms with van der Waals surface area (Å²) in [5, 5.41) is 5.94. The normalized spacial score (nSPS) is 11.7. The average molecular weight is 457 g/mol. The second-order valence-electron chi connectivity index (χ2n) is 10.8. The van der Waals surface area contributed by atoms with Crippen LogP contribution in [0.3, 0.4) is 0 Å². The highest BCUT2D eigenvalue weighted by molar-refractivity contribution is 5.94. The van der Waals surface area contributed by atoms with Crippen LogP contribution in [-0.2, 0) is 23.9 Å². The zero-order valence-electron chi connectivity index (χ0n) is 21.2. The molecule has 0 heterocycles. The number of hydrogen-bond donors (Lipinski definition) is 2. The lowest BCUT2D eigenvalue weighted by molar-refractivity contribution is 0.0942. The molecule has 0 aliphatic rings. The van der Waals surface area contributed by atoms with Crippen molar-refractivity contribution in [3.63, 3.8) is 0 Å². The van der Waals surface area contributed by atoms with E-state index in [9.17, 15) is 9.59 Å². The molecule has 178 valence electrons. The summed E-state index contributed by atoms with van der Waals surface area (Å²) in [6.45, 7) is 13.8. The first kappa shape index (κ1) is 25.2. The van der Waals surface area contributed by atoms with Gasteiger partial charge in [-0.05, 0) is 57.3 Å². The maximum atomic E-state index is 12.5. The van der Waals surface area contributed by atoms with E-state index in [1.165, 1.54) is 11.1 Å².